The molecule has 1 aliphatic heterocycles. The van der Waals surface area contributed by atoms with Crippen LogP contribution in [0.3, 0.4) is 0 Å². The maximum atomic E-state index is 6.10. The lowest BCUT2D eigenvalue weighted by Gasteiger charge is -2.14. The topological polar surface area (TPSA) is 47.0 Å². The summed E-state index contributed by atoms with van der Waals surface area (Å²) in [7, 11) is 0. The van der Waals surface area contributed by atoms with Crippen LogP contribution in [-0.4, -0.2) is 28.7 Å². The molecule has 2 aromatic rings. The van der Waals surface area contributed by atoms with Gasteiger partial charge in [0, 0.05) is 37.0 Å². The van der Waals surface area contributed by atoms with Crippen molar-refractivity contribution < 1.29 is 4.74 Å². The predicted octanol–water partition coefficient (Wildman–Crippen LogP) is 2.07. The van der Waals surface area contributed by atoms with Gasteiger partial charge in [-0.25, -0.2) is 9.97 Å². The van der Waals surface area contributed by atoms with Crippen LogP contribution in [0.15, 0.2) is 24.4 Å². The molecule has 0 aromatic carbocycles. The third kappa shape index (κ3) is 2.16. The van der Waals surface area contributed by atoms with Gasteiger partial charge in [-0.1, -0.05) is 0 Å². The average Bonchev–Trinajstić information content (AvgIpc) is 2.74. The van der Waals surface area contributed by atoms with E-state index in [0.29, 0.717) is 6.04 Å². The summed E-state index contributed by atoms with van der Waals surface area (Å²) in [5.41, 5.74) is 1.70. The Morgan fingerprint density at radius 2 is 2.33 bits per heavy atom. The van der Waals surface area contributed by atoms with Gasteiger partial charge in [0.1, 0.15) is 11.9 Å². The molecule has 0 saturated carbocycles. The number of hydrogen-bond acceptors (Lipinski definition) is 4. The lowest BCUT2D eigenvalue weighted by Crippen LogP contribution is -2.20. The normalized spacial score (nSPS) is 23.4. The zero-order chi connectivity index (χ0) is 12.5. The molecule has 0 amide bonds. The molecule has 2 aromatic heterocycles. The Kier molecular flexibility index (Phi) is 2.88. The van der Waals surface area contributed by atoms with Crippen LogP contribution in [0, 0.1) is 6.92 Å². The number of pyridine rings is 2. The van der Waals surface area contributed by atoms with Crippen molar-refractivity contribution in [3.05, 3.63) is 30.1 Å². The minimum Gasteiger partial charge on any atom is -0.488 e. The molecule has 1 aliphatic rings. The lowest BCUT2D eigenvalue weighted by molar-refractivity contribution is 0.223. The van der Waals surface area contributed by atoms with Crippen LogP contribution in [0.25, 0.3) is 11.0 Å². The van der Waals surface area contributed by atoms with Gasteiger partial charge in [-0.05, 0) is 26.0 Å². The van der Waals surface area contributed by atoms with Crippen molar-refractivity contribution in [1.82, 2.24) is 15.3 Å². The van der Waals surface area contributed by atoms with E-state index in [0.717, 1.165) is 35.4 Å². The van der Waals surface area contributed by atoms with E-state index in [9.17, 15) is 0 Å². The van der Waals surface area contributed by atoms with E-state index in [-0.39, 0.29) is 6.10 Å². The lowest BCUT2D eigenvalue weighted by atomic mass is 10.2. The first-order valence-corrected chi connectivity index (χ1v) is 6.35. The van der Waals surface area contributed by atoms with Crippen LogP contribution in [0.4, 0.5) is 0 Å². The number of nitrogens with one attached hydrogen (secondary N) is 1. The van der Waals surface area contributed by atoms with Crippen LogP contribution < -0.4 is 10.1 Å². The Bertz CT molecular complexity index is 570. The Balaban J connectivity index is 1.95. The van der Waals surface area contributed by atoms with Crippen molar-refractivity contribution in [3.8, 4) is 5.75 Å². The standard InChI is InChI=1S/C14H17N3O/c1-9-6-11(8-16-9)18-13-7-10(2)17-14-12(13)4-3-5-15-14/h3-5,7,9,11,16H,6,8H2,1-2H3/t9-,11+/m0/s1. The van der Waals surface area contributed by atoms with Crippen molar-refractivity contribution in [2.45, 2.75) is 32.4 Å². The second-order valence-electron chi connectivity index (χ2n) is 4.92. The van der Waals surface area contributed by atoms with E-state index in [1.54, 1.807) is 6.20 Å². The van der Waals surface area contributed by atoms with Gasteiger partial charge in [0.25, 0.3) is 0 Å². The minimum atomic E-state index is 0.241. The van der Waals surface area contributed by atoms with Gasteiger partial charge in [0.05, 0.1) is 5.39 Å². The summed E-state index contributed by atoms with van der Waals surface area (Å²) < 4.78 is 6.10. The zero-order valence-electron chi connectivity index (χ0n) is 10.7. The summed E-state index contributed by atoms with van der Waals surface area (Å²) in [5, 5.41) is 4.38. The molecule has 1 saturated heterocycles. The molecule has 0 radical (unpaired) electrons. The third-order valence-corrected chi connectivity index (χ3v) is 3.28. The van der Waals surface area contributed by atoms with Gasteiger partial charge < -0.3 is 10.1 Å². The van der Waals surface area contributed by atoms with Crippen LogP contribution in [-0.2, 0) is 0 Å². The van der Waals surface area contributed by atoms with Crippen LogP contribution >= 0.6 is 0 Å². The molecule has 3 heterocycles. The molecular weight excluding hydrogens is 226 g/mol. The molecule has 4 heteroatoms. The summed E-state index contributed by atoms with van der Waals surface area (Å²) in [6.07, 6.45) is 3.05. The number of aromatic nitrogens is 2. The van der Waals surface area contributed by atoms with Gasteiger partial charge >= 0.3 is 0 Å². The summed E-state index contributed by atoms with van der Waals surface area (Å²) in [5.74, 6) is 0.895. The van der Waals surface area contributed by atoms with E-state index in [2.05, 4.69) is 22.2 Å². The fourth-order valence-corrected chi connectivity index (χ4v) is 2.41. The highest BCUT2D eigenvalue weighted by Gasteiger charge is 2.22. The van der Waals surface area contributed by atoms with Gasteiger partial charge in [-0.15, -0.1) is 0 Å². The first-order chi connectivity index (χ1) is 8.72. The summed E-state index contributed by atoms with van der Waals surface area (Å²) in [6.45, 7) is 5.06. The largest absolute Gasteiger partial charge is 0.488 e. The molecule has 3 rings (SSSR count). The Morgan fingerprint density at radius 3 is 3.11 bits per heavy atom. The first-order valence-electron chi connectivity index (χ1n) is 6.35. The highest BCUT2D eigenvalue weighted by Crippen LogP contribution is 2.26. The number of aryl methyl sites for hydroxylation is 1. The average molecular weight is 243 g/mol. The molecule has 0 aliphatic carbocycles. The van der Waals surface area contributed by atoms with Gasteiger partial charge in [-0.3, -0.25) is 0 Å². The van der Waals surface area contributed by atoms with Crippen LogP contribution in [0.2, 0.25) is 0 Å². The predicted molar refractivity (Wildman–Crippen MR) is 70.8 cm³/mol. The highest BCUT2D eigenvalue weighted by molar-refractivity contribution is 5.81. The quantitative estimate of drug-likeness (QED) is 0.877. The Labute approximate surface area is 106 Å². The van der Waals surface area contributed by atoms with E-state index in [4.69, 9.17) is 4.74 Å². The van der Waals surface area contributed by atoms with Gasteiger partial charge in [-0.2, -0.15) is 0 Å². The van der Waals surface area contributed by atoms with Crippen molar-refractivity contribution >= 4 is 11.0 Å². The maximum absolute atomic E-state index is 6.10. The van der Waals surface area contributed by atoms with Crippen molar-refractivity contribution in [2.24, 2.45) is 0 Å². The van der Waals surface area contributed by atoms with E-state index < -0.39 is 0 Å². The molecular formula is C14H17N3O. The maximum Gasteiger partial charge on any atom is 0.163 e. The fraction of sp³-hybridized carbons (Fsp3) is 0.429. The summed E-state index contributed by atoms with van der Waals surface area (Å²) >= 11 is 0. The van der Waals surface area contributed by atoms with Crippen LogP contribution in [0.5, 0.6) is 5.75 Å². The molecule has 4 nitrogen and oxygen atoms in total. The number of fused-ring (bicyclic) bond motifs is 1. The molecule has 0 spiro atoms. The van der Waals surface area contributed by atoms with E-state index in [1.165, 1.54) is 0 Å². The molecule has 0 unspecified atom stereocenters. The summed E-state index contributed by atoms with van der Waals surface area (Å²) in [6, 6.07) is 6.45. The Morgan fingerprint density at radius 1 is 1.44 bits per heavy atom. The minimum absolute atomic E-state index is 0.241. The number of hydrogen-bond donors (Lipinski definition) is 1. The second kappa shape index (κ2) is 4.53. The number of nitrogens with zero attached hydrogens (tertiary/aromatic N) is 2. The van der Waals surface area contributed by atoms with Gasteiger partial charge in [0.2, 0.25) is 0 Å². The van der Waals surface area contributed by atoms with E-state index in [1.807, 2.05) is 25.1 Å². The number of rotatable bonds is 2. The zero-order valence-corrected chi connectivity index (χ0v) is 10.7. The molecule has 0 bridgehead atoms. The molecule has 94 valence electrons. The van der Waals surface area contributed by atoms with Crippen molar-refractivity contribution in [2.75, 3.05) is 6.54 Å². The Hall–Kier alpha value is -1.68. The smallest absolute Gasteiger partial charge is 0.163 e. The third-order valence-electron chi connectivity index (χ3n) is 3.28. The monoisotopic (exact) mass is 243 g/mol. The molecule has 2 atom stereocenters. The van der Waals surface area contributed by atoms with Crippen molar-refractivity contribution in [3.63, 3.8) is 0 Å². The SMILES string of the molecule is Cc1cc(O[C@H]2CN[C@@H](C)C2)c2cccnc2n1. The highest BCUT2D eigenvalue weighted by atomic mass is 16.5. The fourth-order valence-electron chi connectivity index (χ4n) is 2.41. The van der Waals surface area contributed by atoms with Crippen LogP contribution in [0.1, 0.15) is 19.0 Å². The molecule has 1 fully saturated rings. The second-order valence-corrected chi connectivity index (χ2v) is 4.92. The van der Waals surface area contributed by atoms with Gasteiger partial charge in [0.15, 0.2) is 5.65 Å². The molecule has 1 N–H and O–H groups in total. The molecule has 18 heavy (non-hydrogen) atoms. The first kappa shape index (κ1) is 11.4. The number of ether oxygens (including phenoxy) is 1. The van der Waals surface area contributed by atoms with E-state index >= 15 is 0 Å². The van der Waals surface area contributed by atoms with Crippen molar-refractivity contribution in [1.29, 1.82) is 0 Å². The summed E-state index contributed by atoms with van der Waals surface area (Å²) in [4.78, 5) is 8.70.